The molecule has 3 rings (SSSR count). The first kappa shape index (κ1) is 10.9. The van der Waals surface area contributed by atoms with Crippen molar-refractivity contribution in [3.8, 4) is 0 Å². The van der Waals surface area contributed by atoms with Gasteiger partial charge in [0.25, 0.3) is 0 Å². The number of hydrogen-bond acceptors (Lipinski definition) is 2. The van der Waals surface area contributed by atoms with Gasteiger partial charge in [0.1, 0.15) is 0 Å². The largest absolute Gasteiger partial charge is 0.289 e. The van der Waals surface area contributed by atoms with Gasteiger partial charge >= 0.3 is 0 Å². The monoisotopic (exact) mass is 235 g/mol. The van der Waals surface area contributed by atoms with Crippen LogP contribution in [0.4, 0.5) is 0 Å². The Morgan fingerprint density at radius 3 is 1.94 bits per heavy atom. The highest BCUT2D eigenvalue weighted by Crippen LogP contribution is 2.27. The fraction of sp³-hybridized carbons (Fsp3) is 0.0625. The van der Waals surface area contributed by atoms with Gasteiger partial charge in [-0.25, -0.2) is 0 Å². The Labute approximate surface area is 105 Å². The molecule has 0 aromatic heterocycles. The summed E-state index contributed by atoms with van der Waals surface area (Å²) in [6.07, 6.45) is 1.92. The molecule has 2 nitrogen and oxygen atoms in total. The maximum atomic E-state index is 12.4. The van der Waals surface area contributed by atoms with Gasteiger partial charge in [0.15, 0.2) is 11.6 Å². The van der Waals surface area contributed by atoms with Crippen LogP contribution >= 0.6 is 0 Å². The molecule has 0 fully saturated rings. The highest BCUT2D eigenvalue weighted by Gasteiger charge is 2.28. The molecule has 0 saturated carbocycles. The van der Waals surface area contributed by atoms with E-state index in [4.69, 9.17) is 0 Å². The zero-order valence-electron chi connectivity index (χ0n) is 9.94. The fourth-order valence-electron chi connectivity index (χ4n) is 2.30. The van der Waals surface area contributed by atoms with Gasteiger partial charge in [-0.3, -0.25) is 9.59 Å². The van der Waals surface area contributed by atoms with E-state index in [2.05, 4.69) is 0 Å². The molecule has 87 valence electrons. The molecule has 0 unspecified atom stereocenters. The first-order chi connectivity index (χ1) is 8.72. The Morgan fingerprint density at radius 1 is 0.778 bits per heavy atom. The molecule has 0 spiro atoms. The maximum absolute atomic E-state index is 12.4. The van der Waals surface area contributed by atoms with E-state index in [0.717, 1.165) is 5.56 Å². The summed E-state index contributed by atoms with van der Waals surface area (Å²) >= 11 is 0. The Bertz CT molecular complexity index is 669. The van der Waals surface area contributed by atoms with Crippen LogP contribution in [0.5, 0.6) is 0 Å². The summed E-state index contributed by atoms with van der Waals surface area (Å²) < 4.78 is 0. The van der Waals surface area contributed by atoms with E-state index >= 15 is 0 Å². The Balaban J connectivity index is 2.27. The van der Waals surface area contributed by atoms with E-state index in [1.807, 2.05) is 19.4 Å². The van der Waals surface area contributed by atoms with Crippen LogP contribution < -0.4 is 0 Å². The number of rotatable bonds is 1. The molecule has 0 aliphatic heterocycles. The van der Waals surface area contributed by atoms with Gasteiger partial charge in [-0.15, -0.1) is 0 Å². The Kier molecular flexibility index (Phi) is 2.37. The second-order valence-electron chi connectivity index (χ2n) is 4.30. The lowest BCUT2D eigenvalue weighted by atomic mass is 9.83. The molecule has 0 atom stereocenters. The Morgan fingerprint density at radius 2 is 1.33 bits per heavy atom. The second-order valence-corrected chi connectivity index (χ2v) is 4.30. The van der Waals surface area contributed by atoms with E-state index < -0.39 is 0 Å². The van der Waals surface area contributed by atoms with Crippen LogP contribution in [0.1, 0.15) is 44.3 Å². The number of carbonyl (C=O) groups is 2. The smallest absolute Gasteiger partial charge is 0.194 e. The van der Waals surface area contributed by atoms with Crippen molar-refractivity contribution in [2.45, 2.75) is 6.92 Å². The highest BCUT2D eigenvalue weighted by atomic mass is 16.1. The fourth-order valence-corrected chi connectivity index (χ4v) is 2.30. The SMILES string of the molecule is C[CH]c1ccc2c(c1)C(=O)c1ccccc1C2=O. The number of carbonyl (C=O) groups excluding carboxylic acids is 2. The molecule has 0 heterocycles. The normalized spacial score (nSPS) is 13.2. The topological polar surface area (TPSA) is 34.1 Å². The summed E-state index contributed by atoms with van der Waals surface area (Å²) in [7, 11) is 0. The van der Waals surface area contributed by atoms with Crippen LogP contribution in [0.25, 0.3) is 0 Å². The first-order valence-electron chi connectivity index (χ1n) is 5.84. The van der Waals surface area contributed by atoms with Gasteiger partial charge in [-0.05, 0) is 18.1 Å². The average molecular weight is 235 g/mol. The standard InChI is InChI=1S/C16H11O2/c1-2-10-7-8-13-14(9-10)16(18)12-6-4-3-5-11(12)15(13)17/h2-9H,1H3. The summed E-state index contributed by atoms with van der Waals surface area (Å²) in [6.45, 7) is 1.91. The number of benzene rings is 2. The Hall–Kier alpha value is -2.22. The molecule has 0 N–H and O–H groups in total. The zero-order valence-corrected chi connectivity index (χ0v) is 9.94. The molecule has 0 amide bonds. The summed E-state index contributed by atoms with van der Waals surface area (Å²) in [5.74, 6) is -0.133. The van der Waals surface area contributed by atoms with Crippen LogP contribution in [0, 0.1) is 6.42 Å². The molecular weight excluding hydrogens is 224 g/mol. The molecule has 1 aliphatic carbocycles. The van der Waals surface area contributed by atoms with Crippen LogP contribution in [0.15, 0.2) is 42.5 Å². The second kappa shape index (κ2) is 3.91. The van der Waals surface area contributed by atoms with Crippen LogP contribution in [0.2, 0.25) is 0 Å². The highest BCUT2D eigenvalue weighted by molar-refractivity contribution is 6.28. The van der Waals surface area contributed by atoms with Gasteiger partial charge in [0.05, 0.1) is 0 Å². The predicted octanol–water partition coefficient (Wildman–Crippen LogP) is 3.03. The minimum absolute atomic E-state index is 0.0658. The van der Waals surface area contributed by atoms with Crippen molar-refractivity contribution in [3.63, 3.8) is 0 Å². The van der Waals surface area contributed by atoms with Crippen molar-refractivity contribution >= 4 is 11.6 Å². The van der Waals surface area contributed by atoms with Gasteiger partial charge in [-0.2, -0.15) is 0 Å². The molecular formula is C16H11O2. The van der Waals surface area contributed by atoms with Gasteiger partial charge in [0.2, 0.25) is 0 Å². The summed E-state index contributed by atoms with van der Waals surface area (Å²) in [4.78, 5) is 24.6. The van der Waals surface area contributed by atoms with Crippen molar-refractivity contribution < 1.29 is 9.59 Å². The lowest BCUT2D eigenvalue weighted by Crippen LogP contribution is -2.20. The zero-order chi connectivity index (χ0) is 12.7. The number of hydrogen-bond donors (Lipinski definition) is 0. The lowest BCUT2D eigenvalue weighted by molar-refractivity contribution is 0.0979. The molecule has 2 aromatic carbocycles. The van der Waals surface area contributed by atoms with Crippen molar-refractivity contribution in [2.24, 2.45) is 0 Å². The summed E-state index contributed by atoms with van der Waals surface area (Å²) in [6, 6.07) is 12.4. The molecule has 0 saturated heterocycles. The maximum Gasteiger partial charge on any atom is 0.194 e. The number of fused-ring (bicyclic) bond motifs is 2. The van der Waals surface area contributed by atoms with Crippen molar-refractivity contribution in [1.82, 2.24) is 0 Å². The number of ketones is 2. The van der Waals surface area contributed by atoms with E-state index in [1.54, 1.807) is 36.4 Å². The molecule has 0 bridgehead atoms. The predicted molar refractivity (Wildman–Crippen MR) is 68.8 cm³/mol. The average Bonchev–Trinajstić information content (AvgIpc) is 2.44. The quantitative estimate of drug-likeness (QED) is 0.649. The van der Waals surface area contributed by atoms with Crippen LogP contribution in [-0.2, 0) is 0 Å². The summed E-state index contributed by atoms with van der Waals surface area (Å²) in [5, 5.41) is 0. The van der Waals surface area contributed by atoms with Crippen LogP contribution in [0.3, 0.4) is 0 Å². The van der Waals surface area contributed by atoms with Crippen molar-refractivity contribution in [3.05, 3.63) is 76.7 Å². The first-order valence-corrected chi connectivity index (χ1v) is 5.84. The third kappa shape index (κ3) is 1.42. The van der Waals surface area contributed by atoms with E-state index in [9.17, 15) is 9.59 Å². The summed E-state index contributed by atoms with van der Waals surface area (Å²) in [5.41, 5.74) is 2.97. The third-order valence-electron chi connectivity index (χ3n) is 3.28. The lowest BCUT2D eigenvalue weighted by Gasteiger charge is -2.17. The molecule has 1 radical (unpaired) electrons. The van der Waals surface area contributed by atoms with Crippen molar-refractivity contribution in [2.75, 3.05) is 0 Å². The van der Waals surface area contributed by atoms with E-state index in [1.165, 1.54) is 0 Å². The minimum Gasteiger partial charge on any atom is -0.289 e. The third-order valence-corrected chi connectivity index (χ3v) is 3.28. The van der Waals surface area contributed by atoms with Crippen LogP contribution in [-0.4, -0.2) is 11.6 Å². The van der Waals surface area contributed by atoms with Crippen molar-refractivity contribution in [1.29, 1.82) is 0 Å². The minimum atomic E-state index is -0.0668. The van der Waals surface area contributed by atoms with Gasteiger partial charge in [-0.1, -0.05) is 43.3 Å². The van der Waals surface area contributed by atoms with E-state index in [-0.39, 0.29) is 11.6 Å². The molecule has 18 heavy (non-hydrogen) atoms. The molecule has 2 aromatic rings. The van der Waals surface area contributed by atoms with E-state index in [0.29, 0.717) is 22.3 Å². The van der Waals surface area contributed by atoms with Gasteiger partial charge in [0, 0.05) is 22.3 Å². The molecule has 1 aliphatic rings. The molecule has 2 heteroatoms. The van der Waals surface area contributed by atoms with Gasteiger partial charge < -0.3 is 0 Å².